The Labute approximate surface area is 152 Å². The lowest BCUT2D eigenvalue weighted by Crippen LogP contribution is -2.42. The first kappa shape index (κ1) is 18.2. The summed E-state index contributed by atoms with van der Waals surface area (Å²) in [7, 11) is 0. The van der Waals surface area contributed by atoms with Crippen molar-refractivity contribution < 1.29 is 28.6 Å². The van der Waals surface area contributed by atoms with E-state index in [1.165, 1.54) is 20.0 Å². The maximum atomic E-state index is 11.8. The summed E-state index contributed by atoms with van der Waals surface area (Å²) in [5.41, 5.74) is 0.791. The molecule has 1 N–H and O–H groups in total. The van der Waals surface area contributed by atoms with E-state index >= 15 is 0 Å². The molecule has 0 unspecified atom stereocenters. The van der Waals surface area contributed by atoms with Gasteiger partial charge < -0.3 is 19.5 Å². The topological polar surface area (TPSA) is 90.9 Å². The van der Waals surface area contributed by atoms with Crippen LogP contribution in [-0.2, 0) is 23.8 Å². The molecule has 2 rings (SSSR count). The van der Waals surface area contributed by atoms with Crippen LogP contribution in [-0.4, -0.2) is 30.3 Å². The van der Waals surface area contributed by atoms with Crippen LogP contribution >= 0.6 is 22.6 Å². The molecular formula is C16H16INO6. The molecule has 0 saturated carbocycles. The highest BCUT2D eigenvalue weighted by Crippen LogP contribution is 2.24. The third kappa shape index (κ3) is 4.25. The number of cyclic esters (lactones) is 2. The van der Waals surface area contributed by atoms with E-state index in [0.29, 0.717) is 21.4 Å². The summed E-state index contributed by atoms with van der Waals surface area (Å²) in [4.78, 5) is 35.4. The normalized spacial score (nSPS) is 16.1. The Balaban J connectivity index is 2.16. The first-order valence-electron chi connectivity index (χ1n) is 7.13. The van der Waals surface area contributed by atoms with Gasteiger partial charge in [-0.1, -0.05) is 0 Å². The summed E-state index contributed by atoms with van der Waals surface area (Å²) >= 11 is 2.03. The van der Waals surface area contributed by atoms with Crippen molar-refractivity contribution in [2.75, 3.05) is 11.9 Å². The fourth-order valence-electron chi connectivity index (χ4n) is 1.90. The lowest BCUT2D eigenvalue weighted by molar-refractivity contribution is -0.222. The van der Waals surface area contributed by atoms with E-state index in [2.05, 4.69) is 5.32 Å². The fourth-order valence-corrected chi connectivity index (χ4v) is 2.57. The molecule has 0 amide bonds. The van der Waals surface area contributed by atoms with Crippen LogP contribution in [0.4, 0.5) is 5.69 Å². The molecule has 0 aromatic heterocycles. The zero-order valence-corrected chi connectivity index (χ0v) is 15.5. The molecule has 0 aliphatic carbocycles. The number of nitrogens with one attached hydrogen (secondary N) is 1. The molecule has 0 spiro atoms. The zero-order chi connectivity index (χ0) is 17.9. The Morgan fingerprint density at radius 2 is 1.92 bits per heavy atom. The SMILES string of the molecule is CCOC(=O)c1ccc(NC=C2C(=O)OC(C)(C)OC2=O)c(I)c1. The highest BCUT2D eigenvalue weighted by Gasteiger charge is 2.38. The summed E-state index contributed by atoms with van der Waals surface area (Å²) in [6, 6.07) is 4.87. The highest BCUT2D eigenvalue weighted by atomic mass is 127. The second kappa shape index (κ2) is 7.20. The molecule has 128 valence electrons. The van der Waals surface area contributed by atoms with Gasteiger partial charge in [0.2, 0.25) is 0 Å². The number of hydrogen-bond acceptors (Lipinski definition) is 7. The first-order valence-corrected chi connectivity index (χ1v) is 8.21. The molecule has 1 aromatic carbocycles. The van der Waals surface area contributed by atoms with Crippen LogP contribution in [0.1, 0.15) is 31.1 Å². The van der Waals surface area contributed by atoms with E-state index in [-0.39, 0.29) is 5.57 Å². The molecule has 1 aliphatic rings. The molecule has 0 atom stereocenters. The minimum Gasteiger partial charge on any atom is -0.462 e. The van der Waals surface area contributed by atoms with Crippen LogP contribution in [0.5, 0.6) is 0 Å². The van der Waals surface area contributed by atoms with E-state index in [1.54, 1.807) is 25.1 Å². The van der Waals surface area contributed by atoms with E-state index in [0.717, 1.165) is 0 Å². The van der Waals surface area contributed by atoms with Crippen molar-refractivity contribution >= 4 is 46.2 Å². The van der Waals surface area contributed by atoms with Crippen LogP contribution in [0.2, 0.25) is 0 Å². The molecule has 7 nitrogen and oxygen atoms in total. The van der Waals surface area contributed by atoms with Gasteiger partial charge in [-0.2, -0.15) is 0 Å². The molecule has 1 heterocycles. The minimum atomic E-state index is -1.28. The Morgan fingerprint density at radius 3 is 2.46 bits per heavy atom. The van der Waals surface area contributed by atoms with Crippen LogP contribution < -0.4 is 5.32 Å². The summed E-state index contributed by atoms with van der Waals surface area (Å²) in [5.74, 6) is -3.22. The van der Waals surface area contributed by atoms with Crippen LogP contribution in [0.25, 0.3) is 0 Å². The second-order valence-corrected chi connectivity index (χ2v) is 6.46. The average molecular weight is 445 g/mol. The molecule has 0 radical (unpaired) electrons. The number of halogens is 1. The lowest BCUT2D eigenvalue weighted by atomic mass is 10.2. The number of hydrogen-bond donors (Lipinski definition) is 1. The lowest BCUT2D eigenvalue weighted by Gasteiger charge is -2.29. The quantitative estimate of drug-likeness (QED) is 0.330. The number of carbonyl (C=O) groups excluding carboxylic acids is 3. The third-order valence-electron chi connectivity index (χ3n) is 2.97. The van der Waals surface area contributed by atoms with Gasteiger partial charge in [0.05, 0.1) is 17.9 Å². The number of carbonyl (C=O) groups is 3. The van der Waals surface area contributed by atoms with Gasteiger partial charge in [0.25, 0.3) is 5.79 Å². The maximum Gasteiger partial charge on any atom is 0.350 e. The van der Waals surface area contributed by atoms with Gasteiger partial charge in [0.15, 0.2) is 5.57 Å². The second-order valence-electron chi connectivity index (χ2n) is 5.30. The predicted molar refractivity (Wildman–Crippen MR) is 93.1 cm³/mol. The van der Waals surface area contributed by atoms with Gasteiger partial charge in [-0.05, 0) is 47.7 Å². The molecule has 24 heavy (non-hydrogen) atoms. The van der Waals surface area contributed by atoms with E-state index in [4.69, 9.17) is 14.2 Å². The predicted octanol–water partition coefficient (Wildman–Crippen LogP) is 2.60. The number of benzene rings is 1. The van der Waals surface area contributed by atoms with Crippen molar-refractivity contribution in [3.05, 3.63) is 39.1 Å². The summed E-state index contributed by atoms with van der Waals surface area (Å²) < 4.78 is 15.6. The minimum absolute atomic E-state index is 0.236. The molecule has 1 saturated heterocycles. The van der Waals surface area contributed by atoms with Gasteiger partial charge in [0, 0.05) is 23.6 Å². The standard InChI is InChI=1S/C16H16INO6/c1-4-22-13(19)9-5-6-12(11(17)7-9)18-8-10-14(20)23-16(2,3)24-15(10)21/h5-8,18H,4H2,1-3H3. The van der Waals surface area contributed by atoms with Gasteiger partial charge >= 0.3 is 17.9 Å². The van der Waals surface area contributed by atoms with Crippen molar-refractivity contribution in [1.29, 1.82) is 0 Å². The van der Waals surface area contributed by atoms with Crippen molar-refractivity contribution in [1.82, 2.24) is 0 Å². The Kier molecular flexibility index (Phi) is 5.47. The molecule has 1 fully saturated rings. The van der Waals surface area contributed by atoms with Crippen molar-refractivity contribution in [2.45, 2.75) is 26.6 Å². The van der Waals surface area contributed by atoms with Crippen molar-refractivity contribution in [3.8, 4) is 0 Å². The third-order valence-corrected chi connectivity index (χ3v) is 3.86. The Morgan fingerprint density at radius 1 is 1.29 bits per heavy atom. The molecule has 1 aromatic rings. The highest BCUT2D eigenvalue weighted by molar-refractivity contribution is 14.1. The van der Waals surface area contributed by atoms with E-state index in [1.807, 2.05) is 22.6 Å². The number of rotatable bonds is 4. The number of anilines is 1. The molecule has 0 bridgehead atoms. The fraction of sp³-hybridized carbons (Fsp3) is 0.312. The summed E-state index contributed by atoms with van der Waals surface area (Å²) in [5, 5.41) is 2.85. The largest absolute Gasteiger partial charge is 0.462 e. The zero-order valence-electron chi connectivity index (χ0n) is 13.3. The van der Waals surface area contributed by atoms with Crippen LogP contribution in [0.15, 0.2) is 30.0 Å². The van der Waals surface area contributed by atoms with Gasteiger partial charge in [-0.3, -0.25) is 0 Å². The maximum absolute atomic E-state index is 11.8. The van der Waals surface area contributed by atoms with Crippen molar-refractivity contribution in [3.63, 3.8) is 0 Å². The van der Waals surface area contributed by atoms with E-state index < -0.39 is 23.7 Å². The Bertz CT molecular complexity index is 703. The Hall–Kier alpha value is -2.10. The molecular weight excluding hydrogens is 429 g/mol. The van der Waals surface area contributed by atoms with E-state index in [9.17, 15) is 14.4 Å². The van der Waals surface area contributed by atoms with Gasteiger partial charge in [0.1, 0.15) is 0 Å². The smallest absolute Gasteiger partial charge is 0.350 e. The number of esters is 3. The monoisotopic (exact) mass is 445 g/mol. The molecule has 8 heteroatoms. The van der Waals surface area contributed by atoms with Crippen molar-refractivity contribution in [2.24, 2.45) is 0 Å². The summed E-state index contributed by atoms with van der Waals surface area (Å²) in [6.45, 7) is 4.98. The average Bonchev–Trinajstić information content (AvgIpc) is 2.46. The van der Waals surface area contributed by atoms with Gasteiger partial charge in [-0.25, -0.2) is 14.4 Å². The van der Waals surface area contributed by atoms with Crippen LogP contribution in [0, 0.1) is 3.57 Å². The molecule has 1 aliphatic heterocycles. The van der Waals surface area contributed by atoms with Gasteiger partial charge in [-0.15, -0.1) is 0 Å². The number of ether oxygens (including phenoxy) is 3. The summed E-state index contributed by atoms with van der Waals surface area (Å²) in [6.07, 6.45) is 1.22. The first-order chi connectivity index (χ1) is 11.2. The van der Waals surface area contributed by atoms with Crippen LogP contribution in [0.3, 0.4) is 0 Å².